The Morgan fingerprint density at radius 3 is 2.19 bits per heavy atom. The monoisotopic (exact) mass is 414 g/mol. The van der Waals surface area contributed by atoms with Crippen LogP contribution in [0.2, 0.25) is 10.0 Å². The zero-order valence-corrected chi connectivity index (χ0v) is 17.3. The summed E-state index contributed by atoms with van der Waals surface area (Å²) in [5.41, 5.74) is 1.11. The van der Waals surface area contributed by atoms with Crippen molar-refractivity contribution < 1.29 is 19.1 Å². The molecule has 0 aromatic heterocycles. The highest BCUT2D eigenvalue weighted by molar-refractivity contribution is 6.41. The lowest BCUT2D eigenvalue weighted by Gasteiger charge is -2.25. The van der Waals surface area contributed by atoms with Crippen molar-refractivity contribution in [3.05, 3.63) is 39.5 Å². The fourth-order valence-corrected chi connectivity index (χ4v) is 3.46. The Morgan fingerprint density at radius 2 is 1.67 bits per heavy atom. The minimum atomic E-state index is -0.346. The second-order valence-corrected chi connectivity index (χ2v) is 6.93. The number of amides is 2. The van der Waals surface area contributed by atoms with E-state index in [-0.39, 0.29) is 11.8 Å². The number of benzene rings is 1. The van der Waals surface area contributed by atoms with Crippen molar-refractivity contribution in [1.82, 2.24) is 9.80 Å². The summed E-state index contributed by atoms with van der Waals surface area (Å²) in [5.74, 6) is -0.670. The van der Waals surface area contributed by atoms with Crippen molar-refractivity contribution in [3.63, 3.8) is 0 Å². The van der Waals surface area contributed by atoms with Crippen LogP contribution in [-0.4, -0.2) is 68.7 Å². The number of halogens is 2. The molecule has 27 heavy (non-hydrogen) atoms. The number of imide groups is 1. The summed E-state index contributed by atoms with van der Waals surface area (Å²) in [6, 6.07) is 4.89. The molecule has 0 radical (unpaired) electrons. The number of hydrogen-bond donors (Lipinski definition) is 0. The van der Waals surface area contributed by atoms with E-state index in [0.717, 1.165) is 0 Å². The number of carbonyl (C=O) groups excluding carboxylic acids is 2. The molecule has 0 aliphatic carbocycles. The van der Waals surface area contributed by atoms with Gasteiger partial charge in [0.1, 0.15) is 5.70 Å². The van der Waals surface area contributed by atoms with Crippen molar-refractivity contribution in [2.75, 3.05) is 47.1 Å². The first-order chi connectivity index (χ1) is 13.0. The topological polar surface area (TPSA) is 59.1 Å². The Hall–Kier alpha value is -1.60. The molecule has 0 bridgehead atoms. The van der Waals surface area contributed by atoms with Gasteiger partial charge in [-0.3, -0.25) is 14.5 Å². The largest absolute Gasteiger partial charge is 0.383 e. The number of ether oxygens (including phenoxy) is 2. The van der Waals surface area contributed by atoms with Gasteiger partial charge in [0.15, 0.2) is 0 Å². The average Bonchev–Trinajstić information content (AvgIpc) is 2.87. The quantitative estimate of drug-likeness (QED) is 0.550. The van der Waals surface area contributed by atoms with Crippen molar-refractivity contribution in [3.8, 4) is 0 Å². The van der Waals surface area contributed by atoms with Crippen molar-refractivity contribution in [2.45, 2.75) is 13.3 Å². The second kappa shape index (κ2) is 10.1. The van der Waals surface area contributed by atoms with Crippen LogP contribution >= 0.6 is 23.2 Å². The molecular weight excluding hydrogens is 391 g/mol. The van der Waals surface area contributed by atoms with Gasteiger partial charge in [-0.05, 0) is 18.6 Å². The zero-order valence-electron chi connectivity index (χ0n) is 15.8. The Morgan fingerprint density at radius 1 is 1.04 bits per heavy atom. The lowest BCUT2D eigenvalue weighted by molar-refractivity contribution is -0.137. The third-order valence-corrected chi connectivity index (χ3v) is 4.79. The third kappa shape index (κ3) is 4.82. The molecule has 0 N–H and O–H groups in total. The van der Waals surface area contributed by atoms with E-state index in [2.05, 4.69) is 0 Å². The molecule has 1 aliphatic heterocycles. The third-order valence-electron chi connectivity index (χ3n) is 4.24. The Labute approximate surface area is 169 Å². The highest BCUT2D eigenvalue weighted by Gasteiger charge is 2.41. The van der Waals surface area contributed by atoms with Crippen LogP contribution in [0.1, 0.15) is 18.9 Å². The maximum Gasteiger partial charge on any atom is 0.277 e. The van der Waals surface area contributed by atoms with E-state index in [1.807, 2.05) is 11.8 Å². The normalized spacial score (nSPS) is 14.5. The van der Waals surface area contributed by atoms with Crippen LogP contribution in [0.5, 0.6) is 0 Å². The predicted molar refractivity (Wildman–Crippen MR) is 106 cm³/mol. The summed E-state index contributed by atoms with van der Waals surface area (Å²) in [4.78, 5) is 29.3. The van der Waals surface area contributed by atoms with Crippen LogP contribution < -0.4 is 0 Å². The lowest BCUT2D eigenvalue weighted by atomic mass is 10.0. The molecule has 1 heterocycles. The van der Waals surface area contributed by atoms with Crippen LogP contribution in [0.4, 0.5) is 0 Å². The predicted octanol–water partition coefficient (Wildman–Crippen LogP) is 3.08. The van der Waals surface area contributed by atoms with E-state index >= 15 is 0 Å². The molecule has 0 atom stereocenters. The molecule has 0 spiro atoms. The summed E-state index contributed by atoms with van der Waals surface area (Å²) in [5, 5.41) is 0.789. The summed E-state index contributed by atoms with van der Waals surface area (Å²) >= 11 is 12.4. The number of nitrogens with zero attached hydrogens (tertiary/aromatic N) is 2. The van der Waals surface area contributed by atoms with E-state index in [0.29, 0.717) is 66.1 Å². The van der Waals surface area contributed by atoms with Crippen molar-refractivity contribution >= 4 is 40.6 Å². The smallest absolute Gasteiger partial charge is 0.277 e. The minimum absolute atomic E-state index is 0.294. The number of hydrogen-bond acceptors (Lipinski definition) is 5. The molecule has 148 valence electrons. The van der Waals surface area contributed by atoms with Gasteiger partial charge in [0, 0.05) is 44.4 Å². The van der Waals surface area contributed by atoms with Gasteiger partial charge < -0.3 is 14.4 Å². The first-order valence-corrected chi connectivity index (χ1v) is 9.50. The standard InChI is InChI=1S/C19H24Cl2N2O4/c1-4-7-23-18(24)16(14-6-5-13(20)12-15(14)21)17(19(23)25)22(8-10-26-2)9-11-27-3/h5-6,12H,4,7-11H2,1-3H3. The average molecular weight is 415 g/mol. The number of methoxy groups -OCH3 is 2. The van der Waals surface area contributed by atoms with Crippen molar-refractivity contribution in [2.24, 2.45) is 0 Å². The van der Waals surface area contributed by atoms with E-state index in [1.54, 1.807) is 32.4 Å². The van der Waals surface area contributed by atoms with Crippen LogP contribution in [-0.2, 0) is 19.1 Å². The number of rotatable bonds is 10. The molecule has 8 heteroatoms. The summed E-state index contributed by atoms with van der Waals surface area (Å²) in [6.45, 7) is 3.97. The van der Waals surface area contributed by atoms with E-state index in [9.17, 15) is 9.59 Å². The maximum atomic E-state index is 13.1. The van der Waals surface area contributed by atoms with E-state index < -0.39 is 0 Å². The Kier molecular flexibility index (Phi) is 8.10. The number of carbonyl (C=O) groups is 2. The molecule has 2 amide bonds. The molecule has 0 unspecified atom stereocenters. The van der Waals surface area contributed by atoms with Gasteiger partial charge in [0.2, 0.25) is 0 Å². The molecule has 1 aromatic rings. The zero-order chi connectivity index (χ0) is 20.0. The van der Waals surface area contributed by atoms with Crippen molar-refractivity contribution in [1.29, 1.82) is 0 Å². The van der Waals surface area contributed by atoms with Gasteiger partial charge >= 0.3 is 0 Å². The molecule has 2 rings (SSSR count). The molecule has 0 saturated carbocycles. The first-order valence-electron chi connectivity index (χ1n) is 8.74. The fraction of sp³-hybridized carbons (Fsp3) is 0.474. The molecular formula is C19H24Cl2N2O4. The van der Waals surface area contributed by atoms with Gasteiger partial charge in [0.05, 0.1) is 23.8 Å². The molecule has 1 aliphatic rings. The van der Waals surface area contributed by atoms with Gasteiger partial charge in [0.25, 0.3) is 11.8 Å². The first kappa shape index (κ1) is 21.7. The minimum Gasteiger partial charge on any atom is -0.383 e. The van der Waals surface area contributed by atoms with Gasteiger partial charge in [-0.2, -0.15) is 0 Å². The summed E-state index contributed by atoms with van der Waals surface area (Å²) in [7, 11) is 3.18. The van der Waals surface area contributed by atoms with E-state index in [4.69, 9.17) is 32.7 Å². The SMILES string of the molecule is CCCN1C(=O)C(c2ccc(Cl)cc2Cl)=C(N(CCOC)CCOC)C1=O. The second-order valence-electron chi connectivity index (χ2n) is 6.08. The van der Waals surface area contributed by atoms with Gasteiger partial charge in [-0.25, -0.2) is 0 Å². The Bertz CT molecular complexity index is 728. The highest BCUT2D eigenvalue weighted by Crippen LogP contribution is 2.36. The Balaban J connectivity index is 2.58. The summed E-state index contributed by atoms with van der Waals surface area (Å²) < 4.78 is 10.3. The van der Waals surface area contributed by atoms with E-state index in [1.165, 1.54) is 4.90 Å². The van der Waals surface area contributed by atoms with Crippen LogP contribution in [0, 0.1) is 0 Å². The lowest BCUT2D eigenvalue weighted by Crippen LogP contribution is -2.38. The fourth-order valence-electron chi connectivity index (χ4n) is 2.96. The van der Waals surface area contributed by atoms with Gasteiger partial charge in [-0.1, -0.05) is 36.2 Å². The molecule has 0 saturated heterocycles. The van der Waals surface area contributed by atoms with Crippen LogP contribution in [0.15, 0.2) is 23.9 Å². The van der Waals surface area contributed by atoms with Crippen LogP contribution in [0.3, 0.4) is 0 Å². The summed E-state index contributed by atoms with van der Waals surface area (Å²) in [6.07, 6.45) is 0.669. The molecule has 0 fully saturated rings. The molecule has 6 nitrogen and oxygen atoms in total. The molecule has 1 aromatic carbocycles. The maximum absolute atomic E-state index is 13.1. The van der Waals surface area contributed by atoms with Gasteiger partial charge in [-0.15, -0.1) is 0 Å². The highest BCUT2D eigenvalue weighted by atomic mass is 35.5. The van der Waals surface area contributed by atoms with Crippen LogP contribution in [0.25, 0.3) is 5.57 Å².